The zero-order valence-electron chi connectivity index (χ0n) is 14.9. The molecule has 3 heterocycles. The molecule has 0 atom stereocenters. The fourth-order valence-electron chi connectivity index (χ4n) is 2.78. The van der Waals surface area contributed by atoms with Crippen molar-refractivity contribution in [2.75, 3.05) is 0 Å². The first kappa shape index (κ1) is 17.4. The van der Waals surface area contributed by atoms with Gasteiger partial charge >= 0.3 is 0 Å². The molecule has 0 N–H and O–H groups in total. The van der Waals surface area contributed by atoms with Crippen LogP contribution in [0.1, 0.15) is 11.4 Å². The number of rotatable bonds is 3. The number of aromatic nitrogens is 5. The van der Waals surface area contributed by atoms with Gasteiger partial charge in [-0.25, -0.2) is 15.0 Å². The summed E-state index contributed by atoms with van der Waals surface area (Å²) >= 11 is 3.49. The average molecular weight is 418 g/mol. The highest BCUT2D eigenvalue weighted by atomic mass is 79.9. The molecule has 0 amide bonds. The summed E-state index contributed by atoms with van der Waals surface area (Å²) in [6.45, 7) is 3.84. The molecule has 0 saturated carbocycles. The largest absolute Gasteiger partial charge is 0.261 e. The van der Waals surface area contributed by atoms with Crippen LogP contribution in [0.2, 0.25) is 0 Å². The van der Waals surface area contributed by atoms with Crippen LogP contribution in [-0.4, -0.2) is 24.9 Å². The molecule has 0 bridgehead atoms. The molecule has 4 aromatic rings. The fourth-order valence-corrected chi connectivity index (χ4v) is 3.04. The number of benzene rings is 1. The molecule has 3 aromatic heterocycles. The number of halogens is 1. The maximum absolute atomic E-state index is 4.78. The van der Waals surface area contributed by atoms with Crippen LogP contribution in [0.3, 0.4) is 0 Å². The Morgan fingerprint density at radius 1 is 0.593 bits per heavy atom. The molecule has 0 fully saturated rings. The lowest BCUT2D eigenvalue weighted by atomic mass is 10.0. The number of hydrogen-bond donors (Lipinski definition) is 0. The SMILES string of the molecule is Cc1cncc(-c2cc(-c3ccc(Br)cc3)cc(-c3cncc(C)n3)n2)n1. The maximum Gasteiger partial charge on any atom is 0.107 e. The van der Waals surface area contributed by atoms with Gasteiger partial charge in [0.2, 0.25) is 0 Å². The molecule has 1 aromatic carbocycles. The quantitative estimate of drug-likeness (QED) is 0.466. The molecular formula is C21H16BrN5. The summed E-state index contributed by atoms with van der Waals surface area (Å²) in [4.78, 5) is 22.4. The minimum absolute atomic E-state index is 0.732. The Labute approximate surface area is 165 Å². The van der Waals surface area contributed by atoms with Crippen molar-refractivity contribution in [1.82, 2.24) is 24.9 Å². The van der Waals surface area contributed by atoms with Crippen LogP contribution < -0.4 is 0 Å². The van der Waals surface area contributed by atoms with Crippen molar-refractivity contribution >= 4 is 15.9 Å². The van der Waals surface area contributed by atoms with E-state index in [0.29, 0.717) is 0 Å². The van der Waals surface area contributed by atoms with Crippen LogP contribution in [0.15, 0.2) is 65.7 Å². The molecule has 0 aliphatic heterocycles. The Hall–Kier alpha value is -2.99. The number of aryl methyl sites for hydroxylation is 2. The van der Waals surface area contributed by atoms with Crippen LogP contribution in [0, 0.1) is 13.8 Å². The molecule has 0 spiro atoms. The minimum Gasteiger partial charge on any atom is -0.261 e. The third kappa shape index (κ3) is 3.90. The maximum atomic E-state index is 4.78. The van der Waals surface area contributed by atoms with Gasteiger partial charge < -0.3 is 0 Å². The van der Waals surface area contributed by atoms with E-state index in [1.165, 1.54) is 0 Å². The Balaban J connectivity index is 1.92. The highest BCUT2D eigenvalue weighted by Crippen LogP contribution is 2.29. The van der Waals surface area contributed by atoms with Gasteiger partial charge in [-0.2, -0.15) is 0 Å². The lowest BCUT2D eigenvalue weighted by Gasteiger charge is -2.10. The Morgan fingerprint density at radius 2 is 1.11 bits per heavy atom. The lowest BCUT2D eigenvalue weighted by molar-refractivity contribution is 1.09. The molecule has 6 heteroatoms. The van der Waals surface area contributed by atoms with Crippen molar-refractivity contribution in [2.24, 2.45) is 0 Å². The highest BCUT2D eigenvalue weighted by molar-refractivity contribution is 9.10. The zero-order chi connectivity index (χ0) is 18.8. The predicted octanol–water partition coefficient (Wildman–Crippen LogP) is 5.04. The molecule has 0 saturated heterocycles. The normalized spacial score (nSPS) is 10.8. The first-order valence-electron chi connectivity index (χ1n) is 8.44. The fraction of sp³-hybridized carbons (Fsp3) is 0.0952. The third-order valence-corrected chi connectivity index (χ3v) is 4.57. The summed E-state index contributed by atoms with van der Waals surface area (Å²) in [5, 5.41) is 0. The standard InChI is InChI=1S/C21H16BrN5/c1-13-9-23-11-20(25-13)18-7-16(15-3-5-17(22)6-4-15)8-19(27-18)21-12-24-10-14(2)26-21/h3-12H,1-2H3. The second kappa shape index (κ2) is 7.32. The van der Waals surface area contributed by atoms with E-state index < -0.39 is 0 Å². The summed E-state index contributed by atoms with van der Waals surface area (Å²) in [5.41, 5.74) is 6.79. The molecule has 0 unspecified atom stereocenters. The van der Waals surface area contributed by atoms with Crippen LogP contribution in [-0.2, 0) is 0 Å². The third-order valence-electron chi connectivity index (χ3n) is 4.04. The van der Waals surface area contributed by atoms with Gasteiger partial charge in [0.25, 0.3) is 0 Å². The van der Waals surface area contributed by atoms with E-state index in [1.54, 1.807) is 24.8 Å². The summed E-state index contributed by atoms with van der Waals surface area (Å²) < 4.78 is 1.04. The number of hydrogen-bond acceptors (Lipinski definition) is 5. The predicted molar refractivity (Wildman–Crippen MR) is 109 cm³/mol. The van der Waals surface area contributed by atoms with Crippen LogP contribution in [0.5, 0.6) is 0 Å². The first-order valence-corrected chi connectivity index (χ1v) is 9.24. The molecule has 132 valence electrons. The van der Waals surface area contributed by atoms with E-state index in [4.69, 9.17) is 4.98 Å². The first-order chi connectivity index (χ1) is 13.1. The van der Waals surface area contributed by atoms with E-state index in [1.807, 2.05) is 38.1 Å². The van der Waals surface area contributed by atoms with E-state index in [2.05, 4.69) is 48.0 Å². The zero-order valence-corrected chi connectivity index (χ0v) is 16.5. The van der Waals surface area contributed by atoms with E-state index in [0.717, 1.165) is 49.8 Å². The smallest absolute Gasteiger partial charge is 0.107 e. The van der Waals surface area contributed by atoms with E-state index in [-0.39, 0.29) is 0 Å². The lowest BCUT2D eigenvalue weighted by Crippen LogP contribution is -1.97. The second-order valence-electron chi connectivity index (χ2n) is 6.22. The van der Waals surface area contributed by atoms with Gasteiger partial charge in [-0.15, -0.1) is 0 Å². The van der Waals surface area contributed by atoms with Gasteiger partial charge in [-0.1, -0.05) is 28.1 Å². The van der Waals surface area contributed by atoms with Gasteiger partial charge in [0.1, 0.15) is 11.4 Å². The van der Waals surface area contributed by atoms with Crippen molar-refractivity contribution in [3.8, 4) is 33.9 Å². The van der Waals surface area contributed by atoms with E-state index in [9.17, 15) is 0 Å². The summed E-state index contributed by atoms with van der Waals surface area (Å²) in [5.74, 6) is 0. The van der Waals surface area contributed by atoms with Crippen LogP contribution in [0.25, 0.3) is 33.9 Å². The second-order valence-corrected chi connectivity index (χ2v) is 7.14. The van der Waals surface area contributed by atoms with Crippen molar-refractivity contribution in [3.63, 3.8) is 0 Å². The summed E-state index contributed by atoms with van der Waals surface area (Å²) in [6, 6.07) is 12.2. The number of nitrogens with zero attached hydrogens (tertiary/aromatic N) is 5. The Bertz CT molecular complexity index is 1050. The van der Waals surface area contributed by atoms with Gasteiger partial charge in [0.15, 0.2) is 0 Å². The van der Waals surface area contributed by atoms with Crippen LogP contribution >= 0.6 is 15.9 Å². The summed E-state index contributed by atoms with van der Waals surface area (Å²) in [6.07, 6.45) is 6.92. The molecule has 0 aliphatic rings. The van der Waals surface area contributed by atoms with Gasteiger partial charge in [-0.05, 0) is 49.2 Å². The van der Waals surface area contributed by atoms with Crippen molar-refractivity contribution in [2.45, 2.75) is 13.8 Å². The molecule has 4 rings (SSSR count). The minimum atomic E-state index is 0.732. The van der Waals surface area contributed by atoms with Crippen molar-refractivity contribution in [1.29, 1.82) is 0 Å². The topological polar surface area (TPSA) is 64.5 Å². The summed E-state index contributed by atoms with van der Waals surface area (Å²) in [7, 11) is 0. The molecular weight excluding hydrogens is 402 g/mol. The van der Waals surface area contributed by atoms with Crippen molar-refractivity contribution < 1.29 is 0 Å². The van der Waals surface area contributed by atoms with Crippen molar-refractivity contribution in [3.05, 3.63) is 77.0 Å². The molecule has 5 nitrogen and oxygen atoms in total. The monoisotopic (exact) mass is 417 g/mol. The molecule has 27 heavy (non-hydrogen) atoms. The number of pyridine rings is 1. The van der Waals surface area contributed by atoms with Crippen LogP contribution in [0.4, 0.5) is 0 Å². The average Bonchev–Trinajstić information content (AvgIpc) is 2.68. The van der Waals surface area contributed by atoms with Gasteiger partial charge in [0, 0.05) is 16.9 Å². The van der Waals surface area contributed by atoms with Gasteiger partial charge in [-0.3, -0.25) is 9.97 Å². The molecule has 0 aliphatic carbocycles. The molecule has 0 radical (unpaired) electrons. The Kier molecular flexibility index (Phi) is 4.73. The van der Waals surface area contributed by atoms with Gasteiger partial charge in [0.05, 0.1) is 35.2 Å². The van der Waals surface area contributed by atoms with E-state index >= 15 is 0 Å². The highest BCUT2D eigenvalue weighted by Gasteiger charge is 2.11. The Morgan fingerprint density at radius 3 is 1.59 bits per heavy atom.